The van der Waals surface area contributed by atoms with Crippen LogP contribution in [0.1, 0.15) is 11.1 Å². The molecule has 0 aliphatic carbocycles. The van der Waals surface area contributed by atoms with Crippen molar-refractivity contribution < 1.29 is 5.11 Å². The molecule has 1 heterocycles. The van der Waals surface area contributed by atoms with Gasteiger partial charge in [0.2, 0.25) is 0 Å². The number of aromatic hydroxyl groups is 1. The predicted molar refractivity (Wildman–Crippen MR) is 54.1 cm³/mol. The molecule has 1 aromatic rings. The fraction of sp³-hybridized carbons (Fsp3) is 0.273. The molecule has 0 radical (unpaired) electrons. The number of nitrogens with zero attached hydrogens (tertiary/aromatic N) is 1. The summed E-state index contributed by atoms with van der Waals surface area (Å²) >= 11 is 0. The summed E-state index contributed by atoms with van der Waals surface area (Å²) in [6.45, 7) is 2.07. The summed E-state index contributed by atoms with van der Waals surface area (Å²) in [4.78, 5) is 1.96. The lowest BCUT2D eigenvalue weighted by Gasteiger charge is -2.24. The highest BCUT2D eigenvalue weighted by atomic mass is 16.3. The van der Waals surface area contributed by atoms with Gasteiger partial charge in [0.15, 0.2) is 0 Å². The first-order chi connectivity index (χ1) is 6.20. The minimum Gasteiger partial charge on any atom is -0.506 e. The van der Waals surface area contributed by atoms with Crippen LogP contribution in [-0.2, 0) is 6.42 Å². The van der Waals surface area contributed by atoms with E-state index in [0.717, 1.165) is 12.1 Å². The van der Waals surface area contributed by atoms with E-state index in [-0.39, 0.29) is 0 Å². The van der Waals surface area contributed by atoms with Crippen LogP contribution in [0.3, 0.4) is 0 Å². The number of hydrogen-bond donors (Lipinski definition) is 1. The van der Waals surface area contributed by atoms with Gasteiger partial charge in [0.1, 0.15) is 5.75 Å². The molecule has 13 heavy (non-hydrogen) atoms. The Balaban J connectivity index is 2.65. The lowest BCUT2D eigenvalue weighted by molar-refractivity contribution is 0.475. The maximum Gasteiger partial charge on any atom is 0.139 e. The van der Waals surface area contributed by atoms with Crippen molar-refractivity contribution in [1.82, 2.24) is 0 Å². The van der Waals surface area contributed by atoms with Crippen LogP contribution in [0.15, 0.2) is 24.4 Å². The Bertz CT molecular complexity index is 369. The van der Waals surface area contributed by atoms with E-state index in [1.54, 1.807) is 6.07 Å². The molecule has 0 bridgehead atoms. The smallest absolute Gasteiger partial charge is 0.139 e. The third-order valence-electron chi connectivity index (χ3n) is 2.50. The number of fused-ring (bicyclic) bond motifs is 1. The molecule has 0 unspecified atom stereocenters. The van der Waals surface area contributed by atoms with E-state index in [1.807, 2.05) is 24.2 Å². The van der Waals surface area contributed by atoms with Gasteiger partial charge < -0.3 is 10.0 Å². The molecule has 0 fully saturated rings. The van der Waals surface area contributed by atoms with Crippen molar-refractivity contribution in [3.05, 3.63) is 35.5 Å². The number of aryl methyl sites for hydroxylation is 1. The molecule has 0 saturated heterocycles. The predicted octanol–water partition coefficient (Wildman–Crippen LogP) is 2.21. The Morgan fingerprint density at radius 1 is 1.38 bits per heavy atom. The van der Waals surface area contributed by atoms with Crippen LogP contribution in [0, 0.1) is 6.92 Å². The van der Waals surface area contributed by atoms with E-state index in [0.29, 0.717) is 5.75 Å². The van der Waals surface area contributed by atoms with Gasteiger partial charge >= 0.3 is 0 Å². The number of phenolic OH excluding ortho intramolecular Hbond substituents is 1. The van der Waals surface area contributed by atoms with Crippen LogP contribution < -0.4 is 4.90 Å². The third-order valence-corrected chi connectivity index (χ3v) is 2.50. The molecular weight excluding hydrogens is 162 g/mol. The standard InChI is InChI=1S/C11H13NO/c1-8-5-6-10(13)11-9(8)4-3-7-12(11)2/h3,5-7,13H,4H2,1-2H3. The molecule has 68 valence electrons. The zero-order chi connectivity index (χ0) is 9.42. The monoisotopic (exact) mass is 175 g/mol. The summed E-state index contributed by atoms with van der Waals surface area (Å²) in [5.41, 5.74) is 3.41. The van der Waals surface area contributed by atoms with Gasteiger partial charge in [0.25, 0.3) is 0 Å². The second kappa shape index (κ2) is 2.80. The summed E-state index contributed by atoms with van der Waals surface area (Å²) in [5, 5.41) is 9.68. The van der Waals surface area contributed by atoms with Crippen molar-refractivity contribution in [3.63, 3.8) is 0 Å². The Labute approximate surface area is 78.1 Å². The first kappa shape index (κ1) is 8.17. The molecule has 1 aliphatic heterocycles. The van der Waals surface area contributed by atoms with Gasteiger partial charge in [-0.2, -0.15) is 0 Å². The Kier molecular flexibility index (Phi) is 1.76. The van der Waals surface area contributed by atoms with E-state index in [4.69, 9.17) is 0 Å². The fourth-order valence-electron chi connectivity index (χ4n) is 1.78. The van der Waals surface area contributed by atoms with Gasteiger partial charge in [0, 0.05) is 13.2 Å². The molecule has 0 saturated carbocycles. The summed E-state index contributed by atoms with van der Waals surface area (Å²) in [5.74, 6) is 0.368. The van der Waals surface area contributed by atoms with Gasteiger partial charge in [-0.05, 0) is 30.5 Å². The van der Waals surface area contributed by atoms with Crippen molar-refractivity contribution in [2.45, 2.75) is 13.3 Å². The zero-order valence-electron chi connectivity index (χ0n) is 7.91. The normalized spacial score (nSPS) is 14.5. The second-order valence-electron chi connectivity index (χ2n) is 3.43. The van der Waals surface area contributed by atoms with Crippen molar-refractivity contribution in [2.24, 2.45) is 0 Å². The quantitative estimate of drug-likeness (QED) is 0.653. The molecule has 2 rings (SSSR count). The number of allylic oxidation sites excluding steroid dienone is 1. The molecule has 2 heteroatoms. The van der Waals surface area contributed by atoms with Gasteiger partial charge in [-0.1, -0.05) is 12.1 Å². The van der Waals surface area contributed by atoms with Gasteiger partial charge in [-0.15, -0.1) is 0 Å². The van der Waals surface area contributed by atoms with E-state index in [2.05, 4.69) is 13.0 Å². The molecule has 0 aromatic heterocycles. The molecule has 1 aliphatic rings. The molecule has 0 atom stereocenters. The highest BCUT2D eigenvalue weighted by Gasteiger charge is 2.15. The lowest BCUT2D eigenvalue weighted by Crippen LogP contribution is -2.14. The van der Waals surface area contributed by atoms with Crippen molar-refractivity contribution in [2.75, 3.05) is 11.9 Å². The summed E-state index contributed by atoms with van der Waals surface area (Å²) in [6.07, 6.45) is 5.01. The van der Waals surface area contributed by atoms with Crippen LogP contribution in [-0.4, -0.2) is 12.2 Å². The molecule has 0 amide bonds. The second-order valence-corrected chi connectivity index (χ2v) is 3.43. The number of hydrogen-bond acceptors (Lipinski definition) is 2. The number of phenols is 1. The average molecular weight is 175 g/mol. The summed E-state index contributed by atoms with van der Waals surface area (Å²) in [6, 6.07) is 3.71. The highest BCUT2D eigenvalue weighted by molar-refractivity contribution is 5.68. The Morgan fingerprint density at radius 3 is 2.85 bits per heavy atom. The number of anilines is 1. The zero-order valence-corrected chi connectivity index (χ0v) is 7.91. The van der Waals surface area contributed by atoms with Crippen molar-refractivity contribution in [3.8, 4) is 5.75 Å². The first-order valence-electron chi connectivity index (χ1n) is 4.41. The minimum atomic E-state index is 0.368. The average Bonchev–Trinajstić information content (AvgIpc) is 2.12. The van der Waals surface area contributed by atoms with Crippen LogP contribution in [0.4, 0.5) is 5.69 Å². The van der Waals surface area contributed by atoms with Gasteiger partial charge in [-0.25, -0.2) is 0 Å². The SMILES string of the molecule is Cc1ccc(O)c2c1CC=CN2C. The molecular formula is C11H13NO. The summed E-state index contributed by atoms with van der Waals surface area (Å²) < 4.78 is 0. The molecule has 1 aromatic carbocycles. The Morgan fingerprint density at radius 2 is 2.15 bits per heavy atom. The van der Waals surface area contributed by atoms with Crippen molar-refractivity contribution >= 4 is 5.69 Å². The van der Waals surface area contributed by atoms with E-state index in [9.17, 15) is 5.11 Å². The minimum absolute atomic E-state index is 0.368. The van der Waals surface area contributed by atoms with Crippen LogP contribution in [0.2, 0.25) is 0 Å². The first-order valence-corrected chi connectivity index (χ1v) is 4.41. The van der Waals surface area contributed by atoms with Gasteiger partial charge in [-0.3, -0.25) is 0 Å². The molecule has 0 spiro atoms. The number of rotatable bonds is 0. The lowest BCUT2D eigenvalue weighted by atomic mass is 10.00. The largest absolute Gasteiger partial charge is 0.506 e. The molecule has 2 nitrogen and oxygen atoms in total. The van der Waals surface area contributed by atoms with Crippen molar-refractivity contribution in [1.29, 1.82) is 0 Å². The fourth-order valence-corrected chi connectivity index (χ4v) is 1.78. The van der Waals surface area contributed by atoms with Crippen LogP contribution >= 0.6 is 0 Å². The number of benzene rings is 1. The maximum atomic E-state index is 9.68. The Hall–Kier alpha value is -1.44. The summed E-state index contributed by atoms with van der Waals surface area (Å²) in [7, 11) is 1.95. The van der Waals surface area contributed by atoms with E-state index < -0.39 is 0 Å². The van der Waals surface area contributed by atoms with Crippen LogP contribution in [0.5, 0.6) is 5.75 Å². The highest BCUT2D eigenvalue weighted by Crippen LogP contribution is 2.35. The topological polar surface area (TPSA) is 23.5 Å². The van der Waals surface area contributed by atoms with Crippen LogP contribution in [0.25, 0.3) is 0 Å². The van der Waals surface area contributed by atoms with E-state index >= 15 is 0 Å². The maximum absolute atomic E-state index is 9.68. The molecule has 1 N–H and O–H groups in total. The van der Waals surface area contributed by atoms with E-state index in [1.165, 1.54) is 11.1 Å². The third kappa shape index (κ3) is 1.18. The van der Waals surface area contributed by atoms with Gasteiger partial charge in [0.05, 0.1) is 5.69 Å².